The first-order valence-electron chi connectivity index (χ1n) is 29.9. The van der Waals surface area contributed by atoms with E-state index in [2.05, 4.69) is 29.8 Å². The average molecular weight is 1250 g/mol. The van der Waals surface area contributed by atoms with Gasteiger partial charge in [0.15, 0.2) is 31.3 Å². The minimum Gasteiger partial charge on any atom is -0.461 e. The van der Waals surface area contributed by atoms with Crippen LogP contribution >= 0.6 is 0 Å². The fraction of sp³-hybridized carbons (Fsp3) is 0.891. The van der Waals surface area contributed by atoms with Crippen molar-refractivity contribution in [2.45, 2.75) is 247 Å². The minimum absolute atomic E-state index is 0.0986. The number of rotatable bonds is 39. The van der Waals surface area contributed by atoms with Crippen LogP contribution in [0.3, 0.4) is 0 Å². The summed E-state index contributed by atoms with van der Waals surface area (Å²) in [5, 5.41) is 104. The summed E-state index contributed by atoms with van der Waals surface area (Å²) in [5.41, 5.74) is 6.68. The van der Waals surface area contributed by atoms with E-state index in [1.54, 1.807) is 0 Å². The molecule has 0 bridgehead atoms. The average Bonchev–Trinajstić information content (AvgIpc) is 1.05. The molecule has 0 aromatic carbocycles. The van der Waals surface area contributed by atoms with Gasteiger partial charge in [-0.15, -0.1) is 0 Å². The molecule has 4 fully saturated rings. The second-order valence-electron chi connectivity index (χ2n) is 21.7. The molecule has 14 N–H and O–H groups in total. The van der Waals surface area contributed by atoms with Crippen LogP contribution < -0.4 is 21.7 Å². The lowest BCUT2D eigenvalue weighted by atomic mass is 9.93. The Balaban J connectivity index is 1.72. The van der Waals surface area contributed by atoms with Crippen molar-refractivity contribution in [2.75, 3.05) is 66.1 Å². The zero-order valence-electron chi connectivity index (χ0n) is 49.7. The summed E-state index contributed by atoms with van der Waals surface area (Å²) < 4.78 is 72.4. The lowest BCUT2D eigenvalue weighted by Gasteiger charge is -2.51. The third-order valence-electron chi connectivity index (χ3n) is 14.9. The standard InChI is InChI=1S/C55H96N4O27/c1-5-7-9-11-13-17-21-75-47-32(23-61)79-54(42(45(47)73)59-36(68)25-63)84-48-34(28-77-38(70)26-64)81-52(40(56)44(48)72)86-50-33(24-62)80-55(43(58-31(4)67)51(50)83-37(69)19-15-16-20-60)85-49-35(29-78-39(71)27-65)82-53(41(46(49)74)57-30(3)66)76-22-18-14-12-10-8-6-2/h32-35,40-55,60-65,72-74H,5-29,56H2,1-4H3,(H,57,66)(H,58,67)(H,59,68)/t32?,33?,34?,35?,40?,41?,42?,43?,44-,45-,46-,47-,48-,49-,50-,51-,52+,53-,54+,55+/m1/s1. The highest BCUT2D eigenvalue weighted by Gasteiger charge is 2.57. The van der Waals surface area contributed by atoms with E-state index in [1.807, 2.05) is 0 Å². The normalized spacial score (nSPS) is 32.9. The summed E-state index contributed by atoms with van der Waals surface area (Å²) in [7, 11) is 0. The molecule has 0 spiro atoms. The van der Waals surface area contributed by atoms with Gasteiger partial charge in [0.25, 0.3) is 0 Å². The van der Waals surface area contributed by atoms with Gasteiger partial charge in [0.2, 0.25) is 17.7 Å². The van der Waals surface area contributed by atoms with E-state index in [4.69, 9.17) is 62.6 Å². The van der Waals surface area contributed by atoms with Crippen molar-refractivity contribution >= 4 is 35.6 Å². The third kappa shape index (κ3) is 23.1. The maximum absolute atomic E-state index is 13.8. The third-order valence-corrected chi connectivity index (χ3v) is 14.9. The van der Waals surface area contributed by atoms with E-state index in [0.29, 0.717) is 12.8 Å². The van der Waals surface area contributed by atoms with Gasteiger partial charge in [-0.25, -0.2) is 9.59 Å². The molecule has 4 rings (SSSR count). The van der Waals surface area contributed by atoms with Gasteiger partial charge in [0, 0.05) is 40.1 Å². The highest BCUT2D eigenvalue weighted by atomic mass is 16.8. The molecule has 8 unspecified atom stereocenters. The van der Waals surface area contributed by atoms with Gasteiger partial charge in [-0.2, -0.15) is 0 Å². The zero-order chi connectivity index (χ0) is 63.3. The van der Waals surface area contributed by atoms with Crippen LogP contribution in [0.2, 0.25) is 0 Å². The smallest absolute Gasteiger partial charge is 0.331 e. The van der Waals surface area contributed by atoms with Crippen molar-refractivity contribution in [1.29, 1.82) is 0 Å². The number of carbonyl (C=O) groups excluding carboxylic acids is 6. The Morgan fingerprint density at radius 1 is 0.453 bits per heavy atom. The van der Waals surface area contributed by atoms with Gasteiger partial charge in [-0.05, 0) is 25.7 Å². The highest BCUT2D eigenvalue weighted by molar-refractivity contribution is 5.77. The second-order valence-corrected chi connectivity index (χ2v) is 21.7. The summed E-state index contributed by atoms with van der Waals surface area (Å²) in [5.74, 6) is -5.64. The number of aliphatic hydroxyl groups excluding tert-OH is 9. The van der Waals surface area contributed by atoms with Crippen LogP contribution in [0.15, 0.2) is 0 Å². The van der Waals surface area contributed by atoms with Crippen molar-refractivity contribution in [3.63, 3.8) is 0 Å². The van der Waals surface area contributed by atoms with E-state index in [9.17, 15) is 74.7 Å². The number of nitrogens with one attached hydrogen (secondary N) is 3. The number of aliphatic hydroxyl groups is 9. The summed E-state index contributed by atoms with van der Waals surface area (Å²) >= 11 is 0. The summed E-state index contributed by atoms with van der Waals surface area (Å²) in [6, 6.07) is -6.39. The van der Waals surface area contributed by atoms with E-state index in [-0.39, 0.29) is 39.1 Å². The van der Waals surface area contributed by atoms with E-state index < -0.39 is 204 Å². The molecule has 4 aliphatic heterocycles. The zero-order valence-corrected chi connectivity index (χ0v) is 49.7. The molecule has 0 aliphatic carbocycles. The monoisotopic (exact) mass is 1240 g/mol. The first-order chi connectivity index (χ1) is 41.3. The molecule has 4 saturated heterocycles. The van der Waals surface area contributed by atoms with Crippen molar-refractivity contribution in [2.24, 2.45) is 5.73 Å². The van der Waals surface area contributed by atoms with Crippen LogP contribution in [0, 0.1) is 0 Å². The van der Waals surface area contributed by atoms with Crippen LogP contribution in [0.1, 0.15) is 124 Å². The van der Waals surface area contributed by atoms with E-state index >= 15 is 0 Å². The Labute approximate surface area is 500 Å². The molecule has 4 aliphatic rings. The quantitative estimate of drug-likeness (QED) is 0.0159. The number of hydrogen-bond acceptors (Lipinski definition) is 28. The Hall–Kier alpha value is -3.94. The molecule has 31 heteroatoms. The maximum atomic E-state index is 13.8. The van der Waals surface area contributed by atoms with Crippen molar-refractivity contribution in [3.05, 3.63) is 0 Å². The SMILES string of the molecule is CCCCCCCCO[C@@H]1OC(COC(=O)CO)[C@@H](O[C@@H]2OC(CO)[C@@H](O[C@@H]3OC(COC(=O)CO)[C@@H](O[C@@H]4OC(CO)[C@@H](OCCCCCCCC)[C@H](O)C4NC(=O)CO)[C@H](O)C3N)[C@H](OC(=O)CCCCO)C2NC(C)=O)[C@H](O)C1NC(C)=O. The molecule has 4 heterocycles. The Morgan fingerprint density at radius 2 is 0.907 bits per heavy atom. The first-order valence-corrected chi connectivity index (χ1v) is 29.9. The number of unbranched alkanes of at least 4 members (excludes halogenated alkanes) is 11. The number of ether oxygens (including phenoxy) is 12. The fourth-order valence-corrected chi connectivity index (χ4v) is 10.4. The van der Waals surface area contributed by atoms with Gasteiger partial charge in [0.1, 0.15) is 118 Å². The molecule has 0 aromatic heterocycles. The van der Waals surface area contributed by atoms with Crippen LogP contribution in [0.5, 0.6) is 0 Å². The second kappa shape index (κ2) is 39.9. The molecule has 31 nitrogen and oxygen atoms in total. The summed E-state index contributed by atoms with van der Waals surface area (Å²) in [6.07, 6.45) is -16.1. The predicted octanol–water partition coefficient (Wildman–Crippen LogP) is -3.81. The lowest BCUT2D eigenvalue weighted by molar-refractivity contribution is -0.362. The molecule has 498 valence electrons. The van der Waals surface area contributed by atoms with Crippen LogP contribution in [0.25, 0.3) is 0 Å². The van der Waals surface area contributed by atoms with Gasteiger partial charge in [-0.3, -0.25) is 19.2 Å². The largest absolute Gasteiger partial charge is 0.461 e. The molecule has 0 aromatic rings. The summed E-state index contributed by atoms with van der Waals surface area (Å²) in [4.78, 5) is 77.2. The Bertz CT molecular complexity index is 2000. The van der Waals surface area contributed by atoms with Crippen LogP contribution in [-0.2, 0) is 85.6 Å². The maximum Gasteiger partial charge on any atom is 0.331 e. The van der Waals surface area contributed by atoms with Gasteiger partial charge in [-0.1, -0.05) is 78.1 Å². The fourth-order valence-electron chi connectivity index (χ4n) is 10.4. The number of nitrogens with two attached hydrogens (primary N) is 1. The predicted molar refractivity (Wildman–Crippen MR) is 293 cm³/mol. The molecule has 20 atom stereocenters. The van der Waals surface area contributed by atoms with Gasteiger partial charge < -0.3 is 124 Å². The van der Waals surface area contributed by atoms with Crippen molar-refractivity contribution in [3.8, 4) is 0 Å². The number of esters is 3. The van der Waals surface area contributed by atoms with Crippen LogP contribution in [-0.4, -0.2) is 270 Å². The number of amides is 3. The topological polar surface area (TPSA) is 457 Å². The molecule has 86 heavy (non-hydrogen) atoms. The Morgan fingerprint density at radius 3 is 1.43 bits per heavy atom. The molecular formula is C55H96N4O27. The lowest BCUT2D eigenvalue weighted by Crippen LogP contribution is -2.72. The molecule has 0 saturated carbocycles. The Kier molecular flexibility index (Phi) is 34.6. The van der Waals surface area contributed by atoms with Gasteiger partial charge >= 0.3 is 17.9 Å². The van der Waals surface area contributed by atoms with Crippen LogP contribution in [0.4, 0.5) is 0 Å². The first kappa shape index (κ1) is 74.5. The minimum atomic E-state index is -1.98. The molecule has 3 amide bonds. The molecule has 0 radical (unpaired) electrons. The number of carbonyl (C=O) groups is 6. The number of hydrogen-bond donors (Lipinski definition) is 13. The van der Waals surface area contributed by atoms with Crippen molar-refractivity contribution < 1.29 is 132 Å². The summed E-state index contributed by atoms with van der Waals surface area (Å²) in [6.45, 7) is -0.124. The van der Waals surface area contributed by atoms with E-state index in [0.717, 1.165) is 71.1 Å². The van der Waals surface area contributed by atoms with Crippen molar-refractivity contribution in [1.82, 2.24) is 16.0 Å². The van der Waals surface area contributed by atoms with Gasteiger partial charge in [0.05, 0.1) is 19.3 Å². The van der Waals surface area contributed by atoms with E-state index in [1.165, 1.54) is 6.92 Å². The molecular weight excluding hydrogens is 1150 g/mol. The highest BCUT2D eigenvalue weighted by Crippen LogP contribution is 2.36.